The van der Waals surface area contributed by atoms with Crippen molar-refractivity contribution in [3.05, 3.63) is 88.0 Å². The van der Waals surface area contributed by atoms with Gasteiger partial charge in [0.2, 0.25) is 0 Å². The van der Waals surface area contributed by atoms with Gasteiger partial charge in [-0.15, -0.1) is 0 Å². The predicted molar refractivity (Wildman–Crippen MR) is 153 cm³/mol. The molecular formula is C34H34F5NO4. The minimum atomic E-state index is -5.89. The van der Waals surface area contributed by atoms with Crippen LogP contribution in [0.1, 0.15) is 79.3 Å². The van der Waals surface area contributed by atoms with Crippen molar-refractivity contribution in [1.29, 1.82) is 0 Å². The number of benzene rings is 2. The number of carboxylic acid groups (broad SMARTS) is 1. The van der Waals surface area contributed by atoms with Crippen molar-refractivity contribution in [2.24, 2.45) is 17.3 Å². The molecule has 0 spiro atoms. The SMILES string of the molecule is C[C@]12C[C@H](c3ccc(CNc4ccc(C(=O)O)cc4)cc3)C3=C4CCC(=O)C=C4CCC3C1CC[C@]2(O)C(F)(F)C(F)(F)F. The van der Waals surface area contributed by atoms with E-state index in [1.165, 1.54) is 19.1 Å². The minimum Gasteiger partial charge on any atom is -0.478 e. The van der Waals surface area contributed by atoms with Crippen LogP contribution in [0.3, 0.4) is 0 Å². The van der Waals surface area contributed by atoms with Crippen LogP contribution in [0.5, 0.6) is 0 Å². The third-order valence-corrected chi connectivity index (χ3v) is 10.8. The van der Waals surface area contributed by atoms with Crippen molar-refractivity contribution in [2.75, 3.05) is 5.32 Å². The summed E-state index contributed by atoms with van der Waals surface area (Å²) in [6.45, 7) is 1.84. The Balaban J connectivity index is 1.36. The molecule has 3 N–H and O–H groups in total. The van der Waals surface area contributed by atoms with Crippen LogP contribution in [0.4, 0.5) is 27.6 Å². The molecular weight excluding hydrogens is 581 g/mol. The summed E-state index contributed by atoms with van der Waals surface area (Å²) in [5, 5.41) is 23.7. The summed E-state index contributed by atoms with van der Waals surface area (Å²) in [6.07, 6.45) is -2.92. The van der Waals surface area contributed by atoms with Gasteiger partial charge in [0.15, 0.2) is 5.78 Å². The second-order valence-corrected chi connectivity index (χ2v) is 12.9. The Morgan fingerprint density at radius 1 is 0.977 bits per heavy atom. The summed E-state index contributed by atoms with van der Waals surface area (Å²) in [7, 11) is 0. The number of allylic oxidation sites excluding steroid dienone is 4. The van der Waals surface area contributed by atoms with Crippen LogP contribution in [-0.4, -0.2) is 39.7 Å². The Morgan fingerprint density at radius 2 is 1.66 bits per heavy atom. The molecule has 2 aromatic carbocycles. The second kappa shape index (κ2) is 10.5. The first-order chi connectivity index (χ1) is 20.7. The van der Waals surface area contributed by atoms with E-state index in [2.05, 4.69) is 5.32 Å². The number of halogens is 5. The van der Waals surface area contributed by atoms with Crippen LogP contribution in [0.2, 0.25) is 0 Å². The van der Waals surface area contributed by atoms with E-state index in [1.807, 2.05) is 24.3 Å². The first-order valence-corrected chi connectivity index (χ1v) is 15.0. The molecule has 5 nitrogen and oxygen atoms in total. The van der Waals surface area contributed by atoms with Crippen LogP contribution in [-0.2, 0) is 11.3 Å². The highest BCUT2D eigenvalue weighted by atomic mass is 19.4. The first kappa shape index (κ1) is 30.5. The van der Waals surface area contributed by atoms with Crippen LogP contribution >= 0.6 is 0 Å². The number of carboxylic acids is 1. The Morgan fingerprint density at radius 3 is 2.30 bits per heavy atom. The fourth-order valence-electron chi connectivity index (χ4n) is 8.52. The molecule has 0 aromatic heterocycles. The number of hydrogen-bond acceptors (Lipinski definition) is 4. The molecule has 0 heterocycles. The first-order valence-electron chi connectivity index (χ1n) is 15.0. The van der Waals surface area contributed by atoms with Gasteiger partial charge >= 0.3 is 18.1 Å². The highest BCUT2D eigenvalue weighted by Gasteiger charge is 2.79. The Kier molecular flexibility index (Phi) is 7.30. The maximum absolute atomic E-state index is 15.2. The van der Waals surface area contributed by atoms with E-state index >= 15 is 8.78 Å². The molecule has 0 bridgehead atoms. The lowest BCUT2D eigenvalue weighted by atomic mass is 9.50. The zero-order chi connectivity index (χ0) is 31.7. The zero-order valence-electron chi connectivity index (χ0n) is 24.2. The summed E-state index contributed by atoms with van der Waals surface area (Å²) >= 11 is 0. The lowest BCUT2D eigenvalue weighted by Gasteiger charge is -2.56. The van der Waals surface area contributed by atoms with Crippen LogP contribution in [0.15, 0.2) is 71.3 Å². The summed E-state index contributed by atoms with van der Waals surface area (Å²) < 4.78 is 71.7. The second-order valence-electron chi connectivity index (χ2n) is 12.9. The van der Waals surface area contributed by atoms with Gasteiger partial charge in [0.1, 0.15) is 5.60 Å². The molecule has 234 valence electrons. The average molecular weight is 616 g/mol. The molecule has 44 heavy (non-hydrogen) atoms. The molecule has 0 aliphatic heterocycles. The molecule has 0 radical (unpaired) electrons. The summed E-state index contributed by atoms with van der Waals surface area (Å²) in [4.78, 5) is 23.3. The minimum absolute atomic E-state index is 0.0366. The molecule has 4 aliphatic rings. The van der Waals surface area contributed by atoms with E-state index in [4.69, 9.17) is 5.11 Å². The number of aromatic carboxylic acids is 1. The molecule has 2 unspecified atom stereocenters. The topological polar surface area (TPSA) is 86.6 Å². The van der Waals surface area contributed by atoms with Gasteiger partial charge in [-0.25, -0.2) is 4.79 Å². The standard InChI is InChI=1S/C34H34F5NO4/c1-31-17-27(20-4-2-19(3-5-20)18-40-23-9-6-21(7-10-23)30(42)43)29-25-13-11-24(41)16-22(25)8-12-26(29)28(31)14-15-32(31,44)33(35,36)34(37,38)39/h2-7,9-10,16,26-28,40,44H,8,11-15,17-18H2,1H3,(H,42,43)/t26?,27-,28?,31+,32-/m1/s1. The smallest absolute Gasteiger partial charge is 0.456 e. The molecule has 6 rings (SSSR count). The highest BCUT2D eigenvalue weighted by Crippen LogP contribution is 2.70. The van der Waals surface area contributed by atoms with Gasteiger partial charge in [-0.1, -0.05) is 36.8 Å². The Hall–Kier alpha value is -3.53. The van der Waals surface area contributed by atoms with E-state index in [0.717, 1.165) is 33.5 Å². The fourth-order valence-corrected chi connectivity index (χ4v) is 8.52. The van der Waals surface area contributed by atoms with Gasteiger partial charge in [-0.3, -0.25) is 4.79 Å². The number of anilines is 1. The number of rotatable bonds is 6. The molecule has 0 amide bonds. The largest absolute Gasteiger partial charge is 0.478 e. The number of fused-ring (bicyclic) bond motifs is 4. The normalized spacial score (nSPS) is 30.3. The van der Waals surface area contributed by atoms with Gasteiger partial charge in [0, 0.05) is 30.0 Å². The number of nitrogens with one attached hydrogen (secondary N) is 1. The molecule has 4 aliphatic carbocycles. The predicted octanol–water partition coefficient (Wildman–Crippen LogP) is 7.83. The van der Waals surface area contributed by atoms with E-state index in [9.17, 15) is 27.9 Å². The molecule has 2 fully saturated rings. The quantitative estimate of drug-likeness (QED) is 0.289. The van der Waals surface area contributed by atoms with Crippen molar-refractivity contribution >= 4 is 17.4 Å². The average Bonchev–Trinajstić information content (AvgIpc) is 3.26. The van der Waals surface area contributed by atoms with Crippen molar-refractivity contribution in [3.63, 3.8) is 0 Å². The number of carbonyl (C=O) groups excluding carboxylic acids is 1. The molecule has 2 saturated carbocycles. The van der Waals surface area contributed by atoms with E-state index < -0.39 is 47.3 Å². The third-order valence-electron chi connectivity index (χ3n) is 10.8. The van der Waals surface area contributed by atoms with E-state index in [0.29, 0.717) is 32.2 Å². The number of hydrogen-bond donors (Lipinski definition) is 3. The van der Waals surface area contributed by atoms with E-state index in [-0.39, 0.29) is 30.1 Å². The van der Waals surface area contributed by atoms with Crippen molar-refractivity contribution in [1.82, 2.24) is 0 Å². The van der Waals surface area contributed by atoms with Crippen LogP contribution < -0.4 is 5.32 Å². The number of alkyl halides is 5. The zero-order valence-corrected chi connectivity index (χ0v) is 24.2. The highest BCUT2D eigenvalue weighted by molar-refractivity contribution is 5.93. The van der Waals surface area contributed by atoms with Crippen LogP contribution in [0, 0.1) is 17.3 Å². The van der Waals surface area contributed by atoms with Crippen LogP contribution in [0.25, 0.3) is 0 Å². The third kappa shape index (κ3) is 4.68. The molecule has 2 aromatic rings. The van der Waals surface area contributed by atoms with Gasteiger partial charge in [-0.05, 0) is 103 Å². The lowest BCUT2D eigenvalue weighted by molar-refractivity contribution is -0.362. The summed E-state index contributed by atoms with van der Waals surface area (Å²) in [5.74, 6) is -7.57. The molecule has 5 atom stereocenters. The maximum atomic E-state index is 15.2. The van der Waals surface area contributed by atoms with Crippen molar-refractivity contribution in [3.8, 4) is 0 Å². The van der Waals surface area contributed by atoms with Crippen molar-refractivity contribution in [2.45, 2.75) is 82.0 Å². The fraction of sp³-hybridized carbons (Fsp3) is 0.471. The number of carbonyl (C=O) groups is 2. The van der Waals surface area contributed by atoms with E-state index in [1.54, 1.807) is 18.2 Å². The van der Waals surface area contributed by atoms with Crippen molar-refractivity contribution < 1.29 is 41.8 Å². The van der Waals surface area contributed by atoms with Gasteiger partial charge < -0.3 is 15.5 Å². The Bertz CT molecular complexity index is 1540. The summed E-state index contributed by atoms with van der Waals surface area (Å²) in [6, 6.07) is 13.8. The summed E-state index contributed by atoms with van der Waals surface area (Å²) in [5.41, 5.74) is 0.609. The number of aliphatic hydroxyl groups is 1. The molecule has 0 saturated heterocycles. The number of ketones is 1. The molecule has 10 heteroatoms. The van der Waals surface area contributed by atoms with Gasteiger partial charge in [0.05, 0.1) is 5.56 Å². The van der Waals surface area contributed by atoms with Gasteiger partial charge in [-0.2, -0.15) is 22.0 Å². The monoisotopic (exact) mass is 615 g/mol. The maximum Gasteiger partial charge on any atom is 0.456 e. The lowest BCUT2D eigenvalue weighted by Crippen LogP contribution is -2.65. The Labute approximate surface area is 251 Å². The van der Waals surface area contributed by atoms with Gasteiger partial charge in [0.25, 0.3) is 0 Å².